The first-order valence-electron chi connectivity index (χ1n) is 5.55. The molecule has 0 fully saturated rings. The molecule has 6 heteroatoms. The highest BCUT2D eigenvalue weighted by Gasteiger charge is 2.19. The Morgan fingerprint density at radius 1 is 1.33 bits per heavy atom. The van der Waals surface area contributed by atoms with Crippen LogP contribution in [0.25, 0.3) is 0 Å². The second kappa shape index (κ2) is 5.07. The molecule has 2 rings (SSSR count). The van der Waals surface area contributed by atoms with Gasteiger partial charge in [-0.1, -0.05) is 17.7 Å². The second-order valence-corrected chi connectivity index (χ2v) is 4.02. The molecular formula is C12H15N3O3. The van der Waals surface area contributed by atoms with E-state index in [1.54, 1.807) is 17.4 Å². The molecule has 1 unspecified atom stereocenters. The van der Waals surface area contributed by atoms with Crippen molar-refractivity contribution in [3.05, 3.63) is 42.2 Å². The van der Waals surface area contributed by atoms with Crippen LogP contribution >= 0.6 is 0 Å². The third kappa shape index (κ3) is 2.79. The van der Waals surface area contributed by atoms with Crippen molar-refractivity contribution in [3.8, 4) is 0 Å². The average molecular weight is 249 g/mol. The number of aryl methyl sites for hydroxylation is 1. The summed E-state index contributed by atoms with van der Waals surface area (Å²) in [5.74, 6) is -1.01. The van der Waals surface area contributed by atoms with Crippen molar-refractivity contribution in [2.75, 3.05) is 5.01 Å². The van der Waals surface area contributed by atoms with Crippen molar-refractivity contribution >= 4 is 11.7 Å². The van der Waals surface area contributed by atoms with Crippen molar-refractivity contribution < 1.29 is 14.7 Å². The molecular weight excluding hydrogens is 234 g/mol. The number of carboxylic acid groups (broad SMARTS) is 1. The highest BCUT2D eigenvalue weighted by Crippen LogP contribution is 2.17. The Labute approximate surface area is 105 Å². The number of hydrogen-bond acceptors (Lipinski definition) is 5. The Bertz CT molecular complexity index is 458. The van der Waals surface area contributed by atoms with Crippen molar-refractivity contribution in [1.82, 2.24) is 10.7 Å². The van der Waals surface area contributed by atoms with Crippen LogP contribution in [0.3, 0.4) is 0 Å². The zero-order chi connectivity index (χ0) is 13.1. The van der Waals surface area contributed by atoms with Gasteiger partial charge in [0.2, 0.25) is 0 Å². The van der Waals surface area contributed by atoms with E-state index >= 15 is 0 Å². The number of carbonyl (C=O) groups is 1. The van der Waals surface area contributed by atoms with Gasteiger partial charge in [-0.15, -0.1) is 5.53 Å². The molecule has 96 valence electrons. The molecule has 0 bridgehead atoms. The molecule has 18 heavy (non-hydrogen) atoms. The lowest BCUT2D eigenvalue weighted by atomic mass is 10.2. The van der Waals surface area contributed by atoms with Gasteiger partial charge in [0, 0.05) is 6.20 Å². The van der Waals surface area contributed by atoms with E-state index in [4.69, 9.17) is 9.94 Å². The normalized spacial score (nSPS) is 16.1. The third-order valence-corrected chi connectivity index (χ3v) is 2.49. The number of hydrogen-bond donors (Lipinski definition) is 2. The first-order chi connectivity index (χ1) is 8.56. The van der Waals surface area contributed by atoms with Gasteiger partial charge < -0.3 is 5.11 Å². The molecule has 0 amide bonds. The number of nitrogens with one attached hydrogen (secondary N) is 1. The number of nitrogens with zero attached hydrogens (tertiary/aromatic N) is 2. The van der Waals surface area contributed by atoms with Gasteiger partial charge in [0.1, 0.15) is 0 Å². The maximum absolute atomic E-state index is 10.7. The molecule has 1 aromatic rings. The van der Waals surface area contributed by atoms with Gasteiger partial charge in [-0.05, 0) is 26.0 Å². The Balaban J connectivity index is 1.95. The Kier molecular flexibility index (Phi) is 3.50. The molecule has 0 radical (unpaired) electrons. The van der Waals surface area contributed by atoms with Crippen LogP contribution in [-0.4, -0.2) is 22.4 Å². The molecule has 1 atom stereocenters. The topological polar surface area (TPSA) is 65.0 Å². The van der Waals surface area contributed by atoms with E-state index in [-0.39, 0.29) is 0 Å². The number of anilines is 1. The van der Waals surface area contributed by atoms with Crippen molar-refractivity contribution in [1.29, 1.82) is 0 Å². The molecule has 0 aromatic heterocycles. The fourth-order valence-corrected chi connectivity index (χ4v) is 1.42. The zero-order valence-electron chi connectivity index (χ0n) is 10.2. The van der Waals surface area contributed by atoms with E-state index in [0.29, 0.717) is 0 Å². The van der Waals surface area contributed by atoms with E-state index in [1.807, 2.05) is 31.2 Å². The van der Waals surface area contributed by atoms with Crippen LogP contribution in [0.5, 0.6) is 0 Å². The van der Waals surface area contributed by atoms with Crippen LogP contribution in [0.4, 0.5) is 5.69 Å². The number of aliphatic carboxylic acids is 1. The van der Waals surface area contributed by atoms with Crippen LogP contribution < -0.4 is 10.5 Å². The van der Waals surface area contributed by atoms with Gasteiger partial charge in [-0.25, -0.2) is 9.63 Å². The average Bonchev–Trinajstić information content (AvgIpc) is 2.78. The lowest BCUT2D eigenvalue weighted by Crippen LogP contribution is -2.42. The molecule has 6 nitrogen and oxygen atoms in total. The summed E-state index contributed by atoms with van der Waals surface area (Å²) in [6.07, 6.45) is 2.44. The molecule has 2 N–H and O–H groups in total. The summed E-state index contributed by atoms with van der Waals surface area (Å²) in [6, 6.07) is 7.90. The lowest BCUT2D eigenvalue weighted by Gasteiger charge is -2.23. The zero-order valence-corrected chi connectivity index (χ0v) is 10.2. The number of benzene rings is 1. The van der Waals surface area contributed by atoms with Crippen LogP contribution in [0.15, 0.2) is 36.7 Å². The monoisotopic (exact) mass is 249 g/mol. The van der Waals surface area contributed by atoms with E-state index in [0.717, 1.165) is 5.69 Å². The maximum Gasteiger partial charge on any atom is 0.335 e. The van der Waals surface area contributed by atoms with Crippen LogP contribution in [0, 0.1) is 6.92 Å². The van der Waals surface area contributed by atoms with E-state index < -0.39 is 12.1 Å². The predicted octanol–water partition coefficient (Wildman–Crippen LogP) is 1.41. The molecule has 1 aromatic carbocycles. The molecule has 1 aliphatic rings. The second-order valence-electron chi connectivity index (χ2n) is 4.02. The van der Waals surface area contributed by atoms with Gasteiger partial charge >= 0.3 is 5.97 Å². The molecule has 0 saturated carbocycles. The van der Waals surface area contributed by atoms with Crippen molar-refractivity contribution in [3.63, 3.8) is 0 Å². The summed E-state index contributed by atoms with van der Waals surface area (Å²) in [7, 11) is 0. The SMILES string of the molecule is Cc1ccc(N2C=CN(OC(C)C(=O)O)N2)cc1. The summed E-state index contributed by atoms with van der Waals surface area (Å²) in [5.41, 5.74) is 4.99. The summed E-state index contributed by atoms with van der Waals surface area (Å²) >= 11 is 0. The fraction of sp³-hybridized carbons (Fsp3) is 0.250. The lowest BCUT2D eigenvalue weighted by molar-refractivity contribution is -0.201. The summed E-state index contributed by atoms with van der Waals surface area (Å²) in [6.45, 7) is 3.48. The summed E-state index contributed by atoms with van der Waals surface area (Å²) < 4.78 is 0. The van der Waals surface area contributed by atoms with Crippen molar-refractivity contribution in [2.24, 2.45) is 0 Å². The minimum atomic E-state index is -1.01. The van der Waals surface area contributed by atoms with Gasteiger partial charge in [0.05, 0.1) is 11.9 Å². The molecule has 0 spiro atoms. The van der Waals surface area contributed by atoms with E-state index in [2.05, 4.69) is 5.53 Å². The van der Waals surface area contributed by atoms with Crippen LogP contribution in [0.2, 0.25) is 0 Å². The number of hydroxylamine groups is 1. The molecule has 1 heterocycles. The smallest absolute Gasteiger partial charge is 0.335 e. The molecule has 1 aliphatic heterocycles. The standard InChI is InChI=1S/C12H15N3O3/c1-9-3-5-11(6-4-9)14-7-8-15(13-14)18-10(2)12(16)17/h3-8,10,13H,1-2H3,(H,16,17). The van der Waals surface area contributed by atoms with E-state index in [1.165, 1.54) is 17.7 Å². The third-order valence-electron chi connectivity index (χ3n) is 2.49. The Morgan fingerprint density at radius 2 is 2.00 bits per heavy atom. The highest BCUT2D eigenvalue weighted by atomic mass is 16.7. The van der Waals surface area contributed by atoms with E-state index in [9.17, 15) is 4.79 Å². The summed E-state index contributed by atoms with van der Waals surface area (Å²) in [5, 5.41) is 11.7. The van der Waals surface area contributed by atoms with Crippen molar-refractivity contribution in [2.45, 2.75) is 20.0 Å². The quantitative estimate of drug-likeness (QED) is 0.841. The van der Waals surface area contributed by atoms with Gasteiger partial charge in [-0.2, -0.15) is 5.17 Å². The number of hydrazine groups is 2. The van der Waals surface area contributed by atoms with Gasteiger partial charge in [-0.3, -0.25) is 5.01 Å². The molecule has 0 aliphatic carbocycles. The largest absolute Gasteiger partial charge is 0.479 e. The Morgan fingerprint density at radius 3 is 2.61 bits per heavy atom. The number of carboxylic acids is 1. The minimum absolute atomic E-state index is 0.917. The predicted molar refractivity (Wildman–Crippen MR) is 66.0 cm³/mol. The van der Waals surface area contributed by atoms with Gasteiger partial charge in [0.15, 0.2) is 6.10 Å². The Hall–Kier alpha value is -2.05. The maximum atomic E-state index is 10.7. The van der Waals surface area contributed by atoms with Crippen LogP contribution in [-0.2, 0) is 9.63 Å². The summed E-state index contributed by atoms with van der Waals surface area (Å²) in [4.78, 5) is 15.8. The number of rotatable bonds is 4. The first-order valence-corrected chi connectivity index (χ1v) is 5.55. The minimum Gasteiger partial charge on any atom is -0.479 e. The van der Waals surface area contributed by atoms with Crippen LogP contribution in [0.1, 0.15) is 12.5 Å². The fourth-order valence-electron chi connectivity index (χ4n) is 1.42. The highest BCUT2D eigenvalue weighted by molar-refractivity contribution is 5.71. The molecule has 0 saturated heterocycles. The van der Waals surface area contributed by atoms with Gasteiger partial charge in [0.25, 0.3) is 0 Å². The first kappa shape index (κ1) is 12.4.